The van der Waals surface area contributed by atoms with Gasteiger partial charge in [0.25, 0.3) is 5.69 Å². The van der Waals surface area contributed by atoms with Crippen LogP contribution in [-0.2, 0) is 16.1 Å². The standard InChI is InChI=1S/C13H16N2O6/c1-20-11-3-2-10(15(18)19)6-9(11)7-14-4-5-21-12(8-14)13(16)17/h2-3,6,12H,4-5,7-8H2,1H3,(H,16,17). The predicted octanol–water partition coefficient (Wildman–Crippen LogP) is 0.889. The Labute approximate surface area is 121 Å². The highest BCUT2D eigenvalue weighted by Gasteiger charge is 2.27. The molecular weight excluding hydrogens is 280 g/mol. The number of nitro groups is 1. The number of hydrogen-bond acceptors (Lipinski definition) is 6. The van der Waals surface area contributed by atoms with Crippen molar-refractivity contribution in [1.82, 2.24) is 4.90 Å². The number of morpholine rings is 1. The first-order valence-corrected chi connectivity index (χ1v) is 6.39. The maximum atomic E-state index is 11.0. The van der Waals surface area contributed by atoms with Crippen molar-refractivity contribution in [1.29, 1.82) is 0 Å². The smallest absolute Gasteiger partial charge is 0.334 e. The van der Waals surface area contributed by atoms with Crippen molar-refractivity contribution in [2.75, 3.05) is 26.8 Å². The number of non-ortho nitro benzene ring substituents is 1. The van der Waals surface area contributed by atoms with E-state index in [0.717, 1.165) is 0 Å². The lowest BCUT2D eigenvalue weighted by Gasteiger charge is -2.31. The van der Waals surface area contributed by atoms with Gasteiger partial charge in [0.1, 0.15) is 5.75 Å². The lowest BCUT2D eigenvalue weighted by molar-refractivity contribution is -0.385. The molecule has 1 saturated heterocycles. The maximum absolute atomic E-state index is 11.0. The Morgan fingerprint density at radius 1 is 1.62 bits per heavy atom. The minimum atomic E-state index is -1.01. The van der Waals surface area contributed by atoms with Gasteiger partial charge in [-0.05, 0) is 6.07 Å². The highest BCUT2D eigenvalue weighted by Crippen LogP contribution is 2.25. The minimum Gasteiger partial charge on any atom is -0.496 e. The van der Waals surface area contributed by atoms with Crippen molar-refractivity contribution >= 4 is 11.7 Å². The van der Waals surface area contributed by atoms with Gasteiger partial charge in [-0.3, -0.25) is 15.0 Å². The molecule has 0 aromatic heterocycles. The van der Waals surface area contributed by atoms with Crippen molar-refractivity contribution in [3.63, 3.8) is 0 Å². The van der Waals surface area contributed by atoms with E-state index in [1.807, 2.05) is 4.90 Å². The molecule has 1 fully saturated rings. The van der Waals surface area contributed by atoms with Crippen molar-refractivity contribution < 1.29 is 24.3 Å². The van der Waals surface area contributed by atoms with E-state index in [2.05, 4.69) is 0 Å². The monoisotopic (exact) mass is 296 g/mol. The van der Waals surface area contributed by atoms with Gasteiger partial charge in [-0.25, -0.2) is 4.79 Å². The number of benzene rings is 1. The molecular formula is C13H16N2O6. The summed E-state index contributed by atoms with van der Waals surface area (Å²) in [5, 5.41) is 19.8. The quantitative estimate of drug-likeness (QED) is 0.635. The summed E-state index contributed by atoms with van der Waals surface area (Å²) in [6.45, 7) is 1.49. The molecule has 0 aliphatic carbocycles. The Morgan fingerprint density at radius 3 is 3.00 bits per heavy atom. The summed E-state index contributed by atoms with van der Waals surface area (Å²) in [6, 6.07) is 4.37. The fraction of sp³-hybridized carbons (Fsp3) is 0.462. The second-order valence-corrected chi connectivity index (χ2v) is 4.69. The molecule has 0 spiro atoms. The molecule has 8 nitrogen and oxygen atoms in total. The van der Waals surface area contributed by atoms with Gasteiger partial charge in [0, 0.05) is 37.3 Å². The molecule has 1 N–H and O–H groups in total. The van der Waals surface area contributed by atoms with Crippen molar-refractivity contribution in [3.8, 4) is 5.75 Å². The molecule has 0 saturated carbocycles. The fourth-order valence-corrected chi connectivity index (χ4v) is 2.24. The highest BCUT2D eigenvalue weighted by molar-refractivity contribution is 5.72. The zero-order valence-electron chi connectivity index (χ0n) is 11.5. The summed E-state index contributed by atoms with van der Waals surface area (Å²) < 4.78 is 10.3. The van der Waals surface area contributed by atoms with E-state index in [-0.39, 0.29) is 12.2 Å². The van der Waals surface area contributed by atoms with Gasteiger partial charge in [-0.1, -0.05) is 0 Å². The average Bonchev–Trinajstić information content (AvgIpc) is 2.47. The third kappa shape index (κ3) is 3.67. The SMILES string of the molecule is COc1ccc([N+](=O)[O-])cc1CN1CCOC(C(=O)O)C1. The van der Waals surface area contributed by atoms with Gasteiger partial charge in [-0.15, -0.1) is 0 Å². The zero-order valence-corrected chi connectivity index (χ0v) is 11.5. The van der Waals surface area contributed by atoms with Crippen molar-refractivity contribution in [3.05, 3.63) is 33.9 Å². The Bertz CT molecular complexity index is 547. The summed E-state index contributed by atoms with van der Waals surface area (Å²) in [7, 11) is 1.49. The van der Waals surface area contributed by atoms with Crippen LogP contribution in [0, 0.1) is 10.1 Å². The van der Waals surface area contributed by atoms with E-state index >= 15 is 0 Å². The van der Waals surface area contributed by atoms with E-state index < -0.39 is 17.0 Å². The molecule has 1 aliphatic heterocycles. The van der Waals surface area contributed by atoms with Crippen LogP contribution in [0.4, 0.5) is 5.69 Å². The summed E-state index contributed by atoms with van der Waals surface area (Å²) in [5.41, 5.74) is 0.631. The molecule has 1 atom stereocenters. The van der Waals surface area contributed by atoms with E-state index in [1.165, 1.54) is 19.2 Å². The number of aliphatic carboxylic acids is 1. The highest BCUT2D eigenvalue weighted by atomic mass is 16.6. The first-order valence-electron chi connectivity index (χ1n) is 6.39. The van der Waals surface area contributed by atoms with E-state index in [9.17, 15) is 14.9 Å². The summed E-state index contributed by atoms with van der Waals surface area (Å²) in [6.07, 6.45) is -0.872. The van der Waals surface area contributed by atoms with E-state index in [4.69, 9.17) is 14.6 Å². The Hall–Kier alpha value is -2.19. The summed E-state index contributed by atoms with van der Waals surface area (Å²) in [4.78, 5) is 23.2. The van der Waals surface area contributed by atoms with Gasteiger partial charge in [-0.2, -0.15) is 0 Å². The van der Waals surface area contributed by atoms with Gasteiger partial charge in [0.05, 0.1) is 18.6 Å². The van der Waals surface area contributed by atoms with Crippen LogP contribution >= 0.6 is 0 Å². The number of nitrogens with zero attached hydrogens (tertiary/aromatic N) is 2. The molecule has 21 heavy (non-hydrogen) atoms. The fourth-order valence-electron chi connectivity index (χ4n) is 2.24. The molecule has 0 amide bonds. The number of nitro benzene ring substituents is 1. The first kappa shape index (κ1) is 15.2. The lowest BCUT2D eigenvalue weighted by atomic mass is 10.1. The van der Waals surface area contributed by atoms with Crippen LogP contribution in [-0.4, -0.2) is 53.8 Å². The predicted molar refractivity (Wildman–Crippen MR) is 72.3 cm³/mol. The van der Waals surface area contributed by atoms with Crippen LogP contribution in [0.2, 0.25) is 0 Å². The number of carboxylic acid groups (broad SMARTS) is 1. The van der Waals surface area contributed by atoms with Crippen LogP contribution in [0.5, 0.6) is 5.75 Å². The molecule has 2 rings (SSSR count). The Balaban J connectivity index is 2.15. The topological polar surface area (TPSA) is 102 Å². The number of carbonyl (C=O) groups is 1. The molecule has 1 unspecified atom stereocenters. The molecule has 1 heterocycles. The van der Waals surface area contributed by atoms with Crippen LogP contribution in [0.25, 0.3) is 0 Å². The number of rotatable bonds is 5. The number of hydrogen-bond donors (Lipinski definition) is 1. The lowest BCUT2D eigenvalue weighted by Crippen LogP contribution is -2.45. The first-order chi connectivity index (χ1) is 10.0. The van der Waals surface area contributed by atoms with E-state index in [1.54, 1.807) is 6.07 Å². The molecule has 1 aromatic rings. The number of ether oxygens (including phenoxy) is 2. The van der Waals surface area contributed by atoms with Gasteiger partial charge in [0.15, 0.2) is 6.10 Å². The minimum absolute atomic E-state index is 0.0196. The maximum Gasteiger partial charge on any atom is 0.334 e. The van der Waals surface area contributed by atoms with Crippen LogP contribution < -0.4 is 4.74 Å². The molecule has 8 heteroatoms. The molecule has 0 radical (unpaired) electrons. The Kier molecular flexibility index (Phi) is 4.71. The third-order valence-electron chi connectivity index (χ3n) is 3.29. The van der Waals surface area contributed by atoms with Gasteiger partial charge < -0.3 is 14.6 Å². The normalized spacial score (nSPS) is 19.2. The molecule has 1 aliphatic rings. The molecule has 114 valence electrons. The average molecular weight is 296 g/mol. The molecule has 1 aromatic carbocycles. The number of carboxylic acids is 1. The van der Waals surface area contributed by atoms with Gasteiger partial charge in [0.2, 0.25) is 0 Å². The van der Waals surface area contributed by atoms with E-state index in [0.29, 0.717) is 31.0 Å². The Morgan fingerprint density at radius 2 is 2.38 bits per heavy atom. The van der Waals surface area contributed by atoms with Crippen LogP contribution in [0.3, 0.4) is 0 Å². The molecule has 0 bridgehead atoms. The van der Waals surface area contributed by atoms with Crippen LogP contribution in [0.15, 0.2) is 18.2 Å². The third-order valence-corrected chi connectivity index (χ3v) is 3.29. The second kappa shape index (κ2) is 6.51. The second-order valence-electron chi connectivity index (χ2n) is 4.69. The van der Waals surface area contributed by atoms with Crippen molar-refractivity contribution in [2.24, 2.45) is 0 Å². The zero-order chi connectivity index (χ0) is 15.4. The summed E-state index contributed by atoms with van der Waals surface area (Å²) in [5.74, 6) is -0.468. The largest absolute Gasteiger partial charge is 0.496 e. The van der Waals surface area contributed by atoms with Gasteiger partial charge >= 0.3 is 5.97 Å². The van der Waals surface area contributed by atoms with Crippen LogP contribution in [0.1, 0.15) is 5.56 Å². The van der Waals surface area contributed by atoms with Crippen molar-refractivity contribution in [2.45, 2.75) is 12.6 Å². The number of methoxy groups -OCH3 is 1. The summed E-state index contributed by atoms with van der Waals surface area (Å²) >= 11 is 0.